The summed E-state index contributed by atoms with van der Waals surface area (Å²) < 4.78 is 0. The molecule has 1 amide bonds. The third-order valence-corrected chi connectivity index (χ3v) is 4.23. The van der Waals surface area contributed by atoms with Gasteiger partial charge in [-0.3, -0.25) is 4.79 Å². The van der Waals surface area contributed by atoms with E-state index in [1.54, 1.807) is 11.8 Å². The van der Waals surface area contributed by atoms with Crippen LogP contribution in [0.4, 0.5) is 5.69 Å². The smallest absolute Gasteiger partial charge is 0.231 e. The highest BCUT2D eigenvalue weighted by atomic mass is 32.2. The molecule has 0 aliphatic rings. The first kappa shape index (κ1) is 15.1. The molecular formula is C14H22N2OS. The van der Waals surface area contributed by atoms with Gasteiger partial charge in [-0.2, -0.15) is 0 Å². The minimum atomic E-state index is -0.637. The van der Waals surface area contributed by atoms with E-state index < -0.39 is 11.0 Å². The van der Waals surface area contributed by atoms with Gasteiger partial charge < -0.3 is 11.1 Å². The van der Waals surface area contributed by atoms with Crippen LogP contribution in [-0.2, 0) is 4.79 Å². The van der Waals surface area contributed by atoms with E-state index in [-0.39, 0.29) is 5.91 Å². The van der Waals surface area contributed by atoms with E-state index in [1.165, 1.54) is 0 Å². The number of hydrogen-bond donors (Lipinski definition) is 2. The van der Waals surface area contributed by atoms with Crippen LogP contribution in [0.5, 0.6) is 0 Å². The van der Waals surface area contributed by atoms with Crippen molar-refractivity contribution in [3.8, 4) is 0 Å². The number of hydrogen-bond acceptors (Lipinski definition) is 3. The molecule has 100 valence electrons. The maximum atomic E-state index is 12.3. The molecule has 0 saturated carbocycles. The normalized spacial score (nSPS) is 12.3. The second kappa shape index (κ2) is 5.33. The summed E-state index contributed by atoms with van der Waals surface area (Å²) in [5.74, 6) is -0.0618. The molecule has 4 heteroatoms. The first-order valence-electron chi connectivity index (χ1n) is 5.93. The molecule has 1 rings (SSSR count). The van der Waals surface area contributed by atoms with Crippen molar-refractivity contribution in [2.45, 2.75) is 38.1 Å². The van der Waals surface area contributed by atoms with Crippen molar-refractivity contribution in [3.05, 3.63) is 24.3 Å². The van der Waals surface area contributed by atoms with Crippen LogP contribution < -0.4 is 11.1 Å². The molecule has 0 heterocycles. The summed E-state index contributed by atoms with van der Waals surface area (Å²) in [4.78, 5) is 13.4. The lowest BCUT2D eigenvalue weighted by molar-refractivity contribution is -0.126. The van der Waals surface area contributed by atoms with Gasteiger partial charge in [-0.15, -0.1) is 11.8 Å². The average Bonchev–Trinajstić information content (AvgIpc) is 2.27. The van der Waals surface area contributed by atoms with Crippen LogP contribution in [0.15, 0.2) is 29.2 Å². The van der Waals surface area contributed by atoms with Gasteiger partial charge in [0.2, 0.25) is 5.91 Å². The van der Waals surface area contributed by atoms with Gasteiger partial charge in [-0.25, -0.2) is 0 Å². The number of carbonyl (C=O) groups is 1. The number of nitrogens with two attached hydrogens (primary N) is 1. The van der Waals surface area contributed by atoms with E-state index in [4.69, 9.17) is 5.73 Å². The molecule has 0 fully saturated rings. The summed E-state index contributed by atoms with van der Waals surface area (Å²) in [6.45, 7) is 7.46. The van der Waals surface area contributed by atoms with Crippen LogP contribution in [0.2, 0.25) is 0 Å². The molecule has 3 N–H and O–H groups in total. The van der Waals surface area contributed by atoms with Gasteiger partial charge in [0, 0.05) is 16.1 Å². The molecule has 0 saturated heterocycles. The number of anilines is 1. The molecule has 0 atom stereocenters. The monoisotopic (exact) mass is 266 g/mol. The highest BCUT2D eigenvalue weighted by Gasteiger charge is 2.40. The van der Waals surface area contributed by atoms with E-state index in [0.29, 0.717) is 0 Å². The zero-order valence-electron chi connectivity index (χ0n) is 11.7. The van der Waals surface area contributed by atoms with Crippen molar-refractivity contribution < 1.29 is 4.79 Å². The lowest BCUT2D eigenvalue weighted by Crippen LogP contribution is -2.53. The Labute approximate surface area is 114 Å². The Kier molecular flexibility index (Phi) is 4.46. The molecule has 0 spiro atoms. The fourth-order valence-corrected chi connectivity index (χ4v) is 1.74. The number of carbonyl (C=O) groups excluding carboxylic acids is 1. The van der Waals surface area contributed by atoms with Gasteiger partial charge in [0.1, 0.15) is 0 Å². The second-order valence-corrected chi connectivity index (χ2v) is 6.41. The molecule has 0 aliphatic carbocycles. The summed E-state index contributed by atoms with van der Waals surface area (Å²) >= 11 is 1.65. The lowest BCUT2D eigenvalue weighted by atomic mass is 9.74. The van der Waals surface area contributed by atoms with Gasteiger partial charge in [0.05, 0.1) is 5.41 Å². The van der Waals surface area contributed by atoms with E-state index >= 15 is 0 Å². The summed E-state index contributed by atoms with van der Waals surface area (Å²) in [6.07, 6.45) is 2.01. The van der Waals surface area contributed by atoms with Crippen molar-refractivity contribution in [2.24, 2.45) is 11.1 Å². The minimum absolute atomic E-state index is 0.0618. The van der Waals surface area contributed by atoms with Crippen molar-refractivity contribution >= 4 is 23.4 Å². The van der Waals surface area contributed by atoms with Gasteiger partial charge in [0.15, 0.2) is 0 Å². The van der Waals surface area contributed by atoms with Crippen LogP contribution >= 0.6 is 11.8 Å². The molecule has 1 aromatic rings. The quantitative estimate of drug-likeness (QED) is 0.823. The van der Waals surface area contributed by atoms with E-state index in [9.17, 15) is 4.79 Å². The number of nitrogens with one attached hydrogen (secondary N) is 1. The van der Waals surface area contributed by atoms with Crippen molar-refractivity contribution in [1.82, 2.24) is 0 Å². The SMILES string of the molecule is CSc1cccc(NC(=O)C(C)(C)C(C)(C)N)c1. The van der Waals surface area contributed by atoms with E-state index in [1.807, 2.05) is 58.2 Å². The highest BCUT2D eigenvalue weighted by molar-refractivity contribution is 7.98. The van der Waals surface area contributed by atoms with Crippen molar-refractivity contribution in [1.29, 1.82) is 0 Å². The lowest BCUT2D eigenvalue weighted by Gasteiger charge is -2.36. The van der Waals surface area contributed by atoms with E-state index in [0.717, 1.165) is 10.6 Å². The zero-order valence-corrected chi connectivity index (χ0v) is 12.5. The third-order valence-electron chi connectivity index (χ3n) is 3.51. The zero-order chi connectivity index (χ0) is 14.0. The first-order chi connectivity index (χ1) is 8.18. The number of rotatable bonds is 4. The largest absolute Gasteiger partial charge is 0.326 e. The van der Waals surface area contributed by atoms with Crippen LogP contribution in [0.3, 0.4) is 0 Å². The molecule has 0 bridgehead atoms. The Bertz CT molecular complexity index is 436. The third kappa shape index (κ3) is 3.27. The predicted octanol–water partition coefficient (Wildman–Crippen LogP) is 3.11. The van der Waals surface area contributed by atoms with Crippen molar-refractivity contribution in [3.63, 3.8) is 0 Å². The molecular weight excluding hydrogens is 244 g/mol. The molecule has 3 nitrogen and oxygen atoms in total. The maximum absolute atomic E-state index is 12.3. The standard InChI is InChI=1S/C14H22N2OS/c1-13(2,14(3,4)15)12(17)16-10-7-6-8-11(9-10)18-5/h6-9H,15H2,1-5H3,(H,16,17). The van der Waals surface area contributed by atoms with Crippen molar-refractivity contribution in [2.75, 3.05) is 11.6 Å². The number of amides is 1. The van der Waals surface area contributed by atoms with Gasteiger partial charge >= 0.3 is 0 Å². The Balaban J connectivity index is 2.88. The van der Waals surface area contributed by atoms with Gasteiger partial charge in [-0.05, 0) is 52.1 Å². The fraction of sp³-hybridized carbons (Fsp3) is 0.500. The summed E-state index contributed by atoms with van der Waals surface area (Å²) in [6, 6.07) is 7.79. The summed E-state index contributed by atoms with van der Waals surface area (Å²) in [5.41, 5.74) is 5.66. The van der Waals surface area contributed by atoms with Crippen LogP contribution in [0.1, 0.15) is 27.7 Å². The average molecular weight is 266 g/mol. The highest BCUT2D eigenvalue weighted by Crippen LogP contribution is 2.30. The van der Waals surface area contributed by atoms with Gasteiger partial charge in [0.25, 0.3) is 0 Å². The predicted molar refractivity (Wildman–Crippen MR) is 78.9 cm³/mol. The number of benzene rings is 1. The summed E-state index contributed by atoms with van der Waals surface area (Å²) in [7, 11) is 0. The van der Waals surface area contributed by atoms with Crippen LogP contribution in [0, 0.1) is 5.41 Å². The Morgan fingerprint density at radius 3 is 2.39 bits per heavy atom. The topological polar surface area (TPSA) is 55.1 Å². The molecule has 18 heavy (non-hydrogen) atoms. The Morgan fingerprint density at radius 2 is 1.89 bits per heavy atom. The second-order valence-electron chi connectivity index (χ2n) is 5.53. The van der Waals surface area contributed by atoms with Crippen LogP contribution in [0.25, 0.3) is 0 Å². The molecule has 0 aromatic heterocycles. The van der Waals surface area contributed by atoms with Gasteiger partial charge in [-0.1, -0.05) is 6.07 Å². The maximum Gasteiger partial charge on any atom is 0.231 e. The minimum Gasteiger partial charge on any atom is -0.326 e. The number of thioether (sulfide) groups is 1. The van der Waals surface area contributed by atoms with Crippen LogP contribution in [-0.4, -0.2) is 17.7 Å². The van der Waals surface area contributed by atoms with E-state index in [2.05, 4.69) is 5.32 Å². The fourth-order valence-electron chi connectivity index (χ4n) is 1.28. The first-order valence-corrected chi connectivity index (χ1v) is 7.15. The summed E-state index contributed by atoms with van der Waals surface area (Å²) in [5, 5.41) is 2.93. The Hall–Kier alpha value is -1.00. The Morgan fingerprint density at radius 1 is 1.28 bits per heavy atom. The molecule has 1 aromatic carbocycles. The molecule has 0 aliphatic heterocycles. The molecule has 0 unspecified atom stereocenters. The molecule has 0 radical (unpaired) electrons.